The average molecular weight is 1300 g/mol. The second kappa shape index (κ2) is 62.5. The molecule has 17 nitrogen and oxygen atoms in total. The number of hydrogen-bond acceptors (Lipinski definition) is 15. The summed E-state index contributed by atoms with van der Waals surface area (Å²) in [7, 11) is -9.88. The molecule has 0 aromatic rings. The molecule has 0 rings (SSSR count). The number of unbranched alkanes of at least 4 members (excludes halogenated alkanes) is 41. The number of aliphatic hydroxyl groups is 1. The SMILES string of the molecule is CCCCCCCCCCCCCCCCCCCCCCCCC(=O)O[C@H](COC(=O)CCCCCCCCCCCC(C)C)COP(=O)(O)OC[C@@H](O)COP(=O)(O)OC[C@@H](COC(=O)CCCCCCC)OC(=O)CCCCCCCCCCC. The maximum absolute atomic E-state index is 13.0. The van der Waals surface area contributed by atoms with Crippen molar-refractivity contribution in [2.75, 3.05) is 39.6 Å². The van der Waals surface area contributed by atoms with Crippen LogP contribution in [0.15, 0.2) is 0 Å². The molecule has 19 heteroatoms. The highest BCUT2D eigenvalue weighted by molar-refractivity contribution is 7.47. The normalized spacial score (nSPS) is 14.1. The molecular weight excluding hydrogens is 1160 g/mol. The van der Waals surface area contributed by atoms with Crippen molar-refractivity contribution >= 4 is 39.5 Å². The third-order valence-electron chi connectivity index (χ3n) is 16.0. The monoisotopic (exact) mass is 1300 g/mol. The molecule has 0 heterocycles. The molecule has 0 aliphatic carbocycles. The van der Waals surface area contributed by atoms with Gasteiger partial charge in [-0.15, -0.1) is 0 Å². The molecule has 0 aromatic carbocycles. The van der Waals surface area contributed by atoms with Crippen LogP contribution < -0.4 is 0 Å². The fraction of sp³-hybridized carbons (Fsp3) is 0.942. The van der Waals surface area contributed by atoms with E-state index >= 15 is 0 Å². The number of ether oxygens (including phenoxy) is 4. The van der Waals surface area contributed by atoms with Gasteiger partial charge < -0.3 is 33.8 Å². The van der Waals surface area contributed by atoms with Crippen LogP contribution in [-0.2, 0) is 65.4 Å². The lowest BCUT2D eigenvalue weighted by Crippen LogP contribution is -2.30. The Kier molecular flexibility index (Phi) is 61.1. The number of hydrogen-bond donors (Lipinski definition) is 3. The highest BCUT2D eigenvalue weighted by Gasteiger charge is 2.30. The lowest BCUT2D eigenvalue weighted by atomic mass is 10.0. The van der Waals surface area contributed by atoms with Crippen LogP contribution in [0.1, 0.15) is 356 Å². The minimum atomic E-state index is -4.95. The quantitative estimate of drug-likeness (QED) is 0.0222. The first-order valence-electron chi connectivity index (χ1n) is 36.1. The van der Waals surface area contributed by atoms with Gasteiger partial charge in [-0.1, -0.05) is 304 Å². The van der Waals surface area contributed by atoms with Gasteiger partial charge in [-0.05, 0) is 31.6 Å². The first kappa shape index (κ1) is 86.1. The molecule has 2 unspecified atom stereocenters. The Morgan fingerprint density at radius 2 is 0.523 bits per heavy atom. The standard InChI is InChI=1S/C69H134O17P2/c1-6-9-12-15-17-19-20-21-22-23-24-25-26-27-28-29-30-31-35-40-45-50-55-69(74)86-65(59-80-67(72)53-48-43-38-36-32-34-37-42-46-51-62(4)5)61-84-88(77,78)82-57-63(70)56-81-87(75,76)83-60-64(58-79-66(71)52-47-41-14-11-8-3)85-68(73)54-49-44-39-33-18-16-13-10-7-2/h62-65,70H,6-61H2,1-5H3,(H,75,76)(H,77,78)/t63-,64+,65+/m0/s1. The van der Waals surface area contributed by atoms with Crippen LogP contribution in [0.5, 0.6) is 0 Å². The number of carbonyl (C=O) groups excluding carboxylic acids is 4. The van der Waals surface area contributed by atoms with Crippen molar-refractivity contribution < 1.29 is 80.2 Å². The molecule has 0 radical (unpaired) electrons. The molecule has 3 N–H and O–H groups in total. The first-order chi connectivity index (χ1) is 42.5. The molecule has 5 atom stereocenters. The molecular formula is C69H134O17P2. The fourth-order valence-electron chi connectivity index (χ4n) is 10.5. The van der Waals surface area contributed by atoms with Crippen LogP contribution in [0, 0.1) is 5.92 Å². The van der Waals surface area contributed by atoms with E-state index in [0.29, 0.717) is 25.7 Å². The van der Waals surface area contributed by atoms with Gasteiger partial charge in [0.15, 0.2) is 12.2 Å². The van der Waals surface area contributed by atoms with Crippen LogP contribution >= 0.6 is 15.6 Å². The van der Waals surface area contributed by atoms with Crippen molar-refractivity contribution in [3.8, 4) is 0 Å². The van der Waals surface area contributed by atoms with E-state index in [9.17, 15) is 43.2 Å². The summed E-state index contributed by atoms with van der Waals surface area (Å²) in [6.07, 6.45) is 49.3. The summed E-state index contributed by atoms with van der Waals surface area (Å²) in [5.41, 5.74) is 0. The van der Waals surface area contributed by atoms with Crippen molar-refractivity contribution in [1.82, 2.24) is 0 Å². The Bertz CT molecular complexity index is 1700. The van der Waals surface area contributed by atoms with Gasteiger partial charge in [-0.2, -0.15) is 0 Å². The second-order valence-electron chi connectivity index (χ2n) is 25.4. The number of esters is 4. The van der Waals surface area contributed by atoms with E-state index in [1.807, 2.05) is 0 Å². The van der Waals surface area contributed by atoms with Crippen molar-refractivity contribution in [2.45, 2.75) is 374 Å². The largest absolute Gasteiger partial charge is 0.472 e. The number of carbonyl (C=O) groups is 4. The van der Waals surface area contributed by atoms with Crippen molar-refractivity contribution in [3.63, 3.8) is 0 Å². The first-order valence-corrected chi connectivity index (χ1v) is 39.1. The molecule has 0 fully saturated rings. The minimum Gasteiger partial charge on any atom is -0.462 e. The number of phosphoric acid groups is 2. The number of aliphatic hydroxyl groups excluding tert-OH is 1. The van der Waals surface area contributed by atoms with Crippen LogP contribution in [-0.4, -0.2) is 96.7 Å². The van der Waals surface area contributed by atoms with Crippen LogP contribution in [0.25, 0.3) is 0 Å². The lowest BCUT2D eigenvalue weighted by molar-refractivity contribution is -0.161. The van der Waals surface area contributed by atoms with Crippen molar-refractivity contribution in [1.29, 1.82) is 0 Å². The molecule has 0 bridgehead atoms. The molecule has 0 spiro atoms. The number of rotatable bonds is 69. The van der Waals surface area contributed by atoms with Crippen LogP contribution in [0.4, 0.5) is 0 Å². The van der Waals surface area contributed by atoms with Crippen LogP contribution in [0.3, 0.4) is 0 Å². The van der Waals surface area contributed by atoms with Gasteiger partial charge in [0.1, 0.15) is 19.3 Å². The van der Waals surface area contributed by atoms with E-state index in [0.717, 1.165) is 102 Å². The van der Waals surface area contributed by atoms with E-state index < -0.39 is 97.5 Å². The fourth-order valence-corrected chi connectivity index (χ4v) is 12.0. The topological polar surface area (TPSA) is 237 Å². The minimum absolute atomic E-state index is 0.105. The molecule has 88 heavy (non-hydrogen) atoms. The summed E-state index contributed by atoms with van der Waals surface area (Å²) in [5.74, 6) is -1.40. The molecule has 0 aliphatic rings. The van der Waals surface area contributed by atoms with Crippen LogP contribution in [0.2, 0.25) is 0 Å². The zero-order valence-electron chi connectivity index (χ0n) is 56.9. The van der Waals surface area contributed by atoms with Gasteiger partial charge in [0.05, 0.1) is 26.4 Å². The second-order valence-corrected chi connectivity index (χ2v) is 28.3. The zero-order valence-corrected chi connectivity index (χ0v) is 58.6. The summed E-state index contributed by atoms with van der Waals surface area (Å²) >= 11 is 0. The highest BCUT2D eigenvalue weighted by atomic mass is 31.2. The van der Waals surface area contributed by atoms with E-state index in [2.05, 4.69) is 34.6 Å². The Balaban J connectivity index is 5.07. The van der Waals surface area contributed by atoms with Crippen molar-refractivity contribution in [2.24, 2.45) is 5.92 Å². The van der Waals surface area contributed by atoms with Gasteiger partial charge in [-0.3, -0.25) is 37.3 Å². The molecule has 0 amide bonds. The van der Waals surface area contributed by atoms with Gasteiger partial charge in [0, 0.05) is 25.7 Å². The molecule has 0 saturated heterocycles. The Morgan fingerprint density at radius 3 is 0.773 bits per heavy atom. The predicted octanol–water partition coefficient (Wildman–Crippen LogP) is 19.7. The summed E-state index contributed by atoms with van der Waals surface area (Å²) in [6, 6.07) is 0. The summed E-state index contributed by atoms with van der Waals surface area (Å²) in [6.45, 7) is 7.10. The van der Waals surface area contributed by atoms with Gasteiger partial charge in [0.25, 0.3) is 0 Å². The van der Waals surface area contributed by atoms with E-state index in [4.69, 9.17) is 37.0 Å². The maximum atomic E-state index is 13.0. The van der Waals surface area contributed by atoms with Gasteiger partial charge in [0.2, 0.25) is 0 Å². The third-order valence-corrected chi connectivity index (χ3v) is 17.9. The summed E-state index contributed by atoms with van der Waals surface area (Å²) in [4.78, 5) is 72.1. The lowest BCUT2D eigenvalue weighted by Gasteiger charge is -2.21. The summed E-state index contributed by atoms with van der Waals surface area (Å²) in [5, 5.41) is 10.5. The molecule has 0 aromatic heterocycles. The zero-order chi connectivity index (χ0) is 64.9. The number of phosphoric ester groups is 2. The Hall–Kier alpha value is -1.94. The van der Waals surface area contributed by atoms with Gasteiger partial charge >= 0.3 is 39.5 Å². The Morgan fingerprint density at radius 1 is 0.307 bits per heavy atom. The molecule has 0 saturated carbocycles. The average Bonchev–Trinajstić information content (AvgIpc) is 3.50. The maximum Gasteiger partial charge on any atom is 0.472 e. The highest BCUT2D eigenvalue weighted by Crippen LogP contribution is 2.45. The van der Waals surface area contributed by atoms with Gasteiger partial charge in [-0.25, -0.2) is 9.13 Å². The van der Waals surface area contributed by atoms with E-state index in [1.54, 1.807) is 0 Å². The third kappa shape index (κ3) is 62.8. The van der Waals surface area contributed by atoms with E-state index in [1.165, 1.54) is 173 Å². The molecule has 522 valence electrons. The summed E-state index contributed by atoms with van der Waals surface area (Å²) < 4.78 is 67.9. The van der Waals surface area contributed by atoms with Crippen molar-refractivity contribution in [3.05, 3.63) is 0 Å². The smallest absolute Gasteiger partial charge is 0.462 e. The predicted molar refractivity (Wildman–Crippen MR) is 354 cm³/mol. The Labute approximate surface area is 537 Å². The molecule has 0 aliphatic heterocycles. The van der Waals surface area contributed by atoms with E-state index in [-0.39, 0.29) is 25.7 Å².